The van der Waals surface area contributed by atoms with Gasteiger partial charge in [0.25, 0.3) is 0 Å². The summed E-state index contributed by atoms with van der Waals surface area (Å²) in [5, 5.41) is 0. The van der Waals surface area contributed by atoms with E-state index in [0.29, 0.717) is 13.2 Å². The molecule has 0 aliphatic rings. The maximum atomic E-state index is 11.2. The molecule has 30 heavy (non-hydrogen) atoms. The van der Waals surface area contributed by atoms with Crippen molar-refractivity contribution >= 4 is 16.5 Å². The predicted molar refractivity (Wildman–Crippen MR) is 126 cm³/mol. The Balaban J connectivity index is 2.10. The highest BCUT2D eigenvalue weighted by atomic mass is 32.3. The largest absolute Gasteiger partial charge is 0.494 e. The molecule has 5 nitrogen and oxygen atoms in total. The third-order valence-corrected chi connectivity index (χ3v) is 6.84. The topological polar surface area (TPSA) is 56.8 Å². The van der Waals surface area contributed by atoms with E-state index >= 15 is 0 Å². The molecule has 0 fully saturated rings. The lowest BCUT2D eigenvalue weighted by atomic mass is 9.90. The summed E-state index contributed by atoms with van der Waals surface area (Å²) in [5.74, 6) is 0.622. The van der Waals surface area contributed by atoms with Crippen LogP contribution in [0.15, 0.2) is 30.3 Å². The Hall–Kier alpha value is -2.02. The third-order valence-electron chi connectivity index (χ3n) is 5.11. The lowest BCUT2D eigenvalue weighted by molar-refractivity contribution is -0.142. The van der Waals surface area contributed by atoms with Crippen molar-refractivity contribution in [1.82, 2.24) is 4.72 Å². The van der Waals surface area contributed by atoms with E-state index in [9.17, 15) is 4.79 Å². The van der Waals surface area contributed by atoms with Crippen molar-refractivity contribution in [2.75, 3.05) is 32.8 Å². The Bertz CT molecular complexity index is 856. The van der Waals surface area contributed by atoms with E-state index in [2.05, 4.69) is 56.2 Å². The van der Waals surface area contributed by atoms with Gasteiger partial charge in [0, 0.05) is 20.6 Å². The monoisotopic (exact) mass is 433 g/mol. The van der Waals surface area contributed by atoms with E-state index in [1.54, 1.807) is 7.11 Å². The zero-order chi connectivity index (χ0) is 22.3. The van der Waals surface area contributed by atoms with Crippen LogP contribution >= 0.6 is 10.5 Å². The third kappa shape index (κ3) is 6.76. The van der Waals surface area contributed by atoms with Gasteiger partial charge in [0.1, 0.15) is 12.4 Å². The maximum absolute atomic E-state index is 11.2. The highest BCUT2D eigenvalue weighted by Gasteiger charge is 2.13. The summed E-state index contributed by atoms with van der Waals surface area (Å²) in [6, 6.07) is 10.3. The number of carbonyl (C=O) groups excluding carboxylic acids is 1. The molecule has 6 heteroatoms. The lowest BCUT2D eigenvalue weighted by Crippen LogP contribution is -2.22. The van der Waals surface area contributed by atoms with E-state index < -0.39 is 10.5 Å². The summed E-state index contributed by atoms with van der Waals surface area (Å²) in [7, 11) is 0.572. The maximum Gasteiger partial charge on any atom is 0.302 e. The highest BCUT2D eigenvalue weighted by Crippen LogP contribution is 2.35. The summed E-state index contributed by atoms with van der Waals surface area (Å²) >= 11 is 0. The molecule has 0 aromatic heterocycles. The molecule has 166 valence electrons. The first-order chi connectivity index (χ1) is 14.1. The van der Waals surface area contributed by atoms with Crippen LogP contribution in [0.3, 0.4) is 0 Å². The number of hydrogen-bond donors (Lipinski definition) is 1. The minimum Gasteiger partial charge on any atom is -0.494 e. The zero-order valence-corrected chi connectivity index (χ0v) is 20.1. The van der Waals surface area contributed by atoms with Gasteiger partial charge in [-0.2, -0.15) is 0 Å². The molecule has 0 amide bonds. The van der Waals surface area contributed by atoms with Crippen LogP contribution in [-0.4, -0.2) is 38.7 Å². The van der Waals surface area contributed by atoms with Crippen LogP contribution in [0.4, 0.5) is 0 Å². The van der Waals surface area contributed by atoms with E-state index in [1.807, 2.05) is 12.1 Å². The van der Waals surface area contributed by atoms with Gasteiger partial charge in [-0.1, -0.05) is 28.7 Å². The highest BCUT2D eigenvalue weighted by molar-refractivity contribution is 8.27. The normalized spacial score (nSPS) is 12.0. The van der Waals surface area contributed by atoms with Crippen LogP contribution in [0.25, 0.3) is 11.1 Å². The number of nitrogens with one attached hydrogen (secondary N) is 1. The minimum absolute atomic E-state index is 0.268. The SMILES string of the molecule is COS(C)(C)NCCCOc1cc(C)c(-c2cccc(COC(C)=O)c2C)c(C)c1. The second kappa shape index (κ2) is 10.8. The summed E-state index contributed by atoms with van der Waals surface area (Å²) in [6.07, 6.45) is 5.09. The molecule has 0 heterocycles. The quantitative estimate of drug-likeness (QED) is 0.410. The zero-order valence-electron chi connectivity index (χ0n) is 19.3. The predicted octanol–water partition coefficient (Wildman–Crippen LogP) is 5.24. The van der Waals surface area contributed by atoms with Gasteiger partial charge in [0.15, 0.2) is 0 Å². The lowest BCUT2D eigenvalue weighted by Gasteiger charge is -2.30. The van der Waals surface area contributed by atoms with E-state index in [4.69, 9.17) is 13.7 Å². The summed E-state index contributed by atoms with van der Waals surface area (Å²) < 4.78 is 20.1. The van der Waals surface area contributed by atoms with Gasteiger partial charge >= 0.3 is 5.97 Å². The molecule has 0 spiro atoms. The first-order valence-electron chi connectivity index (χ1n) is 10.1. The Morgan fingerprint density at radius 1 is 1.10 bits per heavy atom. The molecular weight excluding hydrogens is 398 g/mol. The molecule has 0 saturated carbocycles. The first kappa shape index (κ1) is 24.3. The standard InChI is InChI=1S/C24H35NO4S/c1-17-14-22(28-13-9-12-25-30(6,7)27-5)15-18(2)24(17)23-11-8-10-21(19(23)3)16-29-20(4)26/h8,10-11,14-15,25H,9,12-13,16H2,1-7H3. The van der Waals surface area contributed by atoms with Crippen molar-refractivity contribution in [1.29, 1.82) is 0 Å². The van der Waals surface area contributed by atoms with Crippen LogP contribution in [0, 0.1) is 20.8 Å². The molecule has 0 bridgehead atoms. The Labute approximate surface area is 182 Å². The molecule has 0 radical (unpaired) electrons. The number of carbonyl (C=O) groups is 1. The van der Waals surface area contributed by atoms with E-state index in [1.165, 1.54) is 23.6 Å². The number of rotatable bonds is 10. The average molecular weight is 434 g/mol. The first-order valence-corrected chi connectivity index (χ1v) is 12.5. The van der Waals surface area contributed by atoms with Gasteiger partial charge in [-0.05, 0) is 85.2 Å². The van der Waals surface area contributed by atoms with Gasteiger partial charge in [-0.15, -0.1) is 0 Å². The van der Waals surface area contributed by atoms with Gasteiger partial charge in [0.05, 0.1) is 6.61 Å². The van der Waals surface area contributed by atoms with Crippen LogP contribution in [-0.2, 0) is 20.3 Å². The van der Waals surface area contributed by atoms with E-state index in [0.717, 1.165) is 35.4 Å². The summed E-state index contributed by atoms with van der Waals surface area (Å²) in [5.41, 5.74) is 6.86. The smallest absolute Gasteiger partial charge is 0.302 e. The van der Waals surface area contributed by atoms with Gasteiger partial charge in [-0.3, -0.25) is 9.52 Å². The fourth-order valence-corrected chi connectivity index (χ4v) is 4.11. The van der Waals surface area contributed by atoms with Crippen LogP contribution in [0.1, 0.15) is 35.6 Å². The molecule has 0 aliphatic carbocycles. The molecule has 2 aromatic rings. The van der Waals surface area contributed by atoms with Crippen molar-refractivity contribution in [3.8, 4) is 16.9 Å². The molecule has 0 atom stereocenters. The van der Waals surface area contributed by atoms with Gasteiger partial charge < -0.3 is 13.7 Å². The molecule has 2 rings (SSSR count). The summed E-state index contributed by atoms with van der Waals surface area (Å²) in [6.45, 7) is 9.54. The fraction of sp³-hybridized carbons (Fsp3) is 0.458. The van der Waals surface area contributed by atoms with E-state index in [-0.39, 0.29) is 5.97 Å². The van der Waals surface area contributed by atoms with Crippen LogP contribution in [0.2, 0.25) is 0 Å². The molecule has 1 N–H and O–H groups in total. The Morgan fingerprint density at radius 2 is 1.77 bits per heavy atom. The number of aryl methyl sites for hydroxylation is 2. The van der Waals surface area contributed by atoms with Crippen molar-refractivity contribution in [2.24, 2.45) is 0 Å². The number of benzene rings is 2. The summed E-state index contributed by atoms with van der Waals surface area (Å²) in [4.78, 5) is 11.2. The number of ether oxygens (including phenoxy) is 2. The van der Waals surface area contributed by atoms with Crippen LogP contribution in [0.5, 0.6) is 5.75 Å². The molecule has 0 aliphatic heterocycles. The molecular formula is C24H35NO4S. The van der Waals surface area contributed by atoms with Crippen molar-refractivity contribution < 1.29 is 18.5 Å². The Kier molecular flexibility index (Phi) is 8.77. The molecule has 0 unspecified atom stereocenters. The second-order valence-corrected chi connectivity index (χ2v) is 10.9. The van der Waals surface area contributed by atoms with Gasteiger partial charge in [0.2, 0.25) is 0 Å². The minimum atomic E-state index is -1.16. The fourth-order valence-electron chi connectivity index (χ4n) is 3.36. The van der Waals surface area contributed by atoms with Crippen molar-refractivity contribution in [3.63, 3.8) is 0 Å². The average Bonchev–Trinajstić information content (AvgIpc) is 2.67. The van der Waals surface area contributed by atoms with Crippen LogP contribution < -0.4 is 9.46 Å². The second-order valence-electron chi connectivity index (χ2n) is 7.80. The van der Waals surface area contributed by atoms with Crippen molar-refractivity contribution in [2.45, 2.75) is 40.7 Å². The van der Waals surface area contributed by atoms with Gasteiger partial charge in [-0.25, -0.2) is 0 Å². The number of esters is 1. The molecule has 2 aromatic carbocycles. The Morgan fingerprint density at radius 3 is 2.37 bits per heavy atom. The molecule has 0 saturated heterocycles. The number of hydrogen-bond acceptors (Lipinski definition) is 5. The van der Waals surface area contributed by atoms with Crippen molar-refractivity contribution in [3.05, 3.63) is 52.6 Å².